The smallest absolute Gasteiger partial charge is 0.419 e. The molecule has 1 saturated heterocycles. The number of nitrogens with zero attached hydrogens (tertiary/aromatic N) is 6. The second-order valence-electron chi connectivity index (χ2n) is 8.18. The Hall–Kier alpha value is -4.07. The van der Waals surface area contributed by atoms with Crippen LogP contribution in [0.15, 0.2) is 36.7 Å². The maximum atomic E-state index is 14.0. The van der Waals surface area contributed by atoms with E-state index in [-0.39, 0.29) is 37.6 Å². The van der Waals surface area contributed by atoms with Gasteiger partial charge in [-0.05, 0) is 24.3 Å². The van der Waals surface area contributed by atoms with Crippen LogP contribution in [0.3, 0.4) is 0 Å². The zero-order chi connectivity index (χ0) is 26.3. The third-order valence-corrected chi connectivity index (χ3v) is 6.96. The first-order chi connectivity index (χ1) is 17.7. The van der Waals surface area contributed by atoms with Gasteiger partial charge < -0.3 is 24.4 Å². The number of hydrogen-bond acceptors (Lipinski definition) is 8. The molecule has 4 heterocycles. The number of anilines is 1. The molecule has 1 fully saturated rings. The normalized spacial score (nSPS) is 14.3. The molecular weight excluding hydrogens is 513 g/mol. The van der Waals surface area contributed by atoms with Gasteiger partial charge in [-0.15, -0.1) is 0 Å². The average molecular weight is 535 g/mol. The summed E-state index contributed by atoms with van der Waals surface area (Å²) < 4.78 is 54.0. The summed E-state index contributed by atoms with van der Waals surface area (Å²) in [4.78, 5) is 22.8. The number of amides is 1. The van der Waals surface area contributed by atoms with Crippen LogP contribution < -0.4 is 14.4 Å². The molecule has 0 spiro atoms. The Morgan fingerprint density at radius 3 is 2.41 bits per heavy atom. The Kier molecular flexibility index (Phi) is 6.27. The van der Waals surface area contributed by atoms with Crippen LogP contribution in [0.4, 0.5) is 23.8 Å². The molecule has 0 saturated carbocycles. The van der Waals surface area contributed by atoms with Gasteiger partial charge in [0.15, 0.2) is 11.5 Å². The lowest BCUT2D eigenvalue weighted by molar-refractivity contribution is -0.137. The fourth-order valence-corrected chi connectivity index (χ4v) is 4.97. The number of rotatable bonds is 5. The standard InChI is InChI=1S/C23H21F3N6O4S/c1-35-17-4-3-13(10-18(17)36-2)20-29-32-12-16(28-21(32)37-20)14-9-15(23(24,25)26)19(27-11-14)30-5-7-31(8-6-30)22(33)34/h3-4,9-12H,5-8H2,1-2H3,(H,33,34). The Morgan fingerprint density at radius 1 is 1.05 bits per heavy atom. The minimum atomic E-state index is -4.65. The van der Waals surface area contributed by atoms with Crippen molar-refractivity contribution in [2.45, 2.75) is 6.18 Å². The van der Waals surface area contributed by atoms with Gasteiger partial charge in [0.2, 0.25) is 4.96 Å². The number of carboxylic acid groups (broad SMARTS) is 1. The molecular formula is C23H21F3N6O4S. The Bertz CT molecular complexity index is 1430. The summed E-state index contributed by atoms with van der Waals surface area (Å²) >= 11 is 1.28. The van der Waals surface area contributed by atoms with Crippen molar-refractivity contribution in [2.75, 3.05) is 45.3 Å². The van der Waals surface area contributed by atoms with Crippen molar-refractivity contribution in [3.63, 3.8) is 0 Å². The lowest BCUT2D eigenvalue weighted by atomic mass is 10.1. The van der Waals surface area contributed by atoms with Crippen molar-refractivity contribution >= 4 is 28.2 Å². The summed E-state index contributed by atoms with van der Waals surface area (Å²) in [5.74, 6) is 0.898. The minimum Gasteiger partial charge on any atom is -0.493 e. The van der Waals surface area contributed by atoms with Crippen molar-refractivity contribution in [3.8, 4) is 33.3 Å². The van der Waals surface area contributed by atoms with E-state index < -0.39 is 17.8 Å². The number of ether oxygens (including phenoxy) is 2. The molecule has 10 nitrogen and oxygen atoms in total. The highest BCUT2D eigenvalue weighted by molar-refractivity contribution is 7.19. The van der Waals surface area contributed by atoms with Crippen LogP contribution in [0.1, 0.15) is 5.56 Å². The highest BCUT2D eigenvalue weighted by Crippen LogP contribution is 2.39. The first kappa shape index (κ1) is 24.6. The van der Waals surface area contributed by atoms with Crippen molar-refractivity contribution < 1.29 is 32.5 Å². The molecule has 194 valence electrons. The van der Waals surface area contributed by atoms with Crippen LogP contribution in [0, 0.1) is 0 Å². The summed E-state index contributed by atoms with van der Waals surface area (Å²) in [5.41, 5.74) is 0.385. The molecule has 0 aliphatic carbocycles. The number of carbonyl (C=O) groups is 1. The van der Waals surface area contributed by atoms with Gasteiger partial charge in [0.1, 0.15) is 10.8 Å². The van der Waals surface area contributed by atoms with Gasteiger partial charge in [0.05, 0.1) is 31.7 Å². The number of hydrogen-bond donors (Lipinski definition) is 1. The molecule has 4 aromatic rings. The molecule has 1 N–H and O–H groups in total. The summed E-state index contributed by atoms with van der Waals surface area (Å²) in [6.07, 6.45) is -2.85. The number of aromatic nitrogens is 4. The monoisotopic (exact) mass is 534 g/mol. The zero-order valence-electron chi connectivity index (χ0n) is 19.7. The average Bonchev–Trinajstić information content (AvgIpc) is 3.47. The van der Waals surface area contributed by atoms with E-state index in [0.29, 0.717) is 27.2 Å². The third kappa shape index (κ3) is 4.71. The molecule has 1 aromatic carbocycles. The first-order valence-corrected chi connectivity index (χ1v) is 11.9. The van der Waals surface area contributed by atoms with E-state index in [9.17, 15) is 18.0 Å². The van der Waals surface area contributed by atoms with E-state index in [1.807, 2.05) is 6.07 Å². The highest BCUT2D eigenvalue weighted by atomic mass is 32.1. The SMILES string of the molecule is COc1ccc(-c2nn3cc(-c4cnc(N5CCN(C(=O)O)CC5)c(C(F)(F)F)c4)nc3s2)cc1OC. The molecule has 3 aromatic heterocycles. The topological polar surface area (TPSA) is 105 Å². The van der Waals surface area contributed by atoms with E-state index in [0.717, 1.165) is 11.6 Å². The predicted molar refractivity (Wildman–Crippen MR) is 129 cm³/mol. The Labute approximate surface area is 212 Å². The van der Waals surface area contributed by atoms with Crippen molar-refractivity contribution in [1.29, 1.82) is 0 Å². The Balaban J connectivity index is 1.44. The van der Waals surface area contributed by atoms with Gasteiger partial charge >= 0.3 is 12.3 Å². The number of imidazole rings is 1. The molecule has 0 unspecified atom stereocenters. The first-order valence-electron chi connectivity index (χ1n) is 11.1. The number of alkyl halides is 3. The van der Waals surface area contributed by atoms with E-state index in [4.69, 9.17) is 14.6 Å². The number of fused-ring (bicyclic) bond motifs is 1. The van der Waals surface area contributed by atoms with E-state index in [1.54, 1.807) is 25.4 Å². The van der Waals surface area contributed by atoms with Gasteiger partial charge in [-0.1, -0.05) is 11.3 Å². The van der Waals surface area contributed by atoms with Gasteiger partial charge in [0.25, 0.3) is 0 Å². The van der Waals surface area contributed by atoms with Crippen LogP contribution in [0.5, 0.6) is 11.5 Å². The summed E-state index contributed by atoms with van der Waals surface area (Å²) in [5, 5.41) is 14.3. The minimum absolute atomic E-state index is 0.0987. The third-order valence-electron chi connectivity index (χ3n) is 5.99. The number of pyridine rings is 1. The van der Waals surface area contributed by atoms with Crippen LogP contribution in [0.25, 0.3) is 26.8 Å². The van der Waals surface area contributed by atoms with Crippen LogP contribution >= 0.6 is 11.3 Å². The van der Waals surface area contributed by atoms with Crippen LogP contribution in [0.2, 0.25) is 0 Å². The molecule has 0 atom stereocenters. The van der Waals surface area contributed by atoms with Crippen molar-refractivity contribution in [2.24, 2.45) is 0 Å². The molecule has 0 bridgehead atoms. The van der Waals surface area contributed by atoms with Crippen LogP contribution in [-0.2, 0) is 6.18 Å². The quantitative estimate of drug-likeness (QED) is 0.403. The second kappa shape index (κ2) is 9.42. The molecule has 14 heteroatoms. The van der Waals surface area contributed by atoms with Gasteiger partial charge in [0, 0.05) is 43.5 Å². The number of piperazine rings is 1. The highest BCUT2D eigenvalue weighted by Gasteiger charge is 2.37. The molecule has 37 heavy (non-hydrogen) atoms. The predicted octanol–water partition coefficient (Wildman–Crippen LogP) is 4.36. The molecule has 0 radical (unpaired) electrons. The summed E-state index contributed by atoms with van der Waals surface area (Å²) in [6.45, 7) is 0.429. The maximum absolute atomic E-state index is 14.0. The molecule has 5 rings (SSSR count). The van der Waals surface area contributed by atoms with Crippen molar-refractivity contribution in [3.05, 3.63) is 42.2 Å². The van der Waals surface area contributed by atoms with Gasteiger partial charge in [-0.25, -0.2) is 19.3 Å². The number of methoxy groups -OCH3 is 2. The lowest BCUT2D eigenvalue weighted by Gasteiger charge is -2.35. The van der Waals surface area contributed by atoms with E-state index in [2.05, 4.69) is 15.1 Å². The fourth-order valence-electron chi connectivity index (χ4n) is 4.09. The van der Waals surface area contributed by atoms with Crippen molar-refractivity contribution in [1.82, 2.24) is 24.5 Å². The Morgan fingerprint density at radius 2 is 1.78 bits per heavy atom. The lowest BCUT2D eigenvalue weighted by Crippen LogP contribution is -2.49. The zero-order valence-corrected chi connectivity index (χ0v) is 20.5. The number of benzene rings is 1. The molecule has 1 amide bonds. The van der Waals surface area contributed by atoms with Gasteiger partial charge in [-0.3, -0.25) is 0 Å². The second-order valence-corrected chi connectivity index (χ2v) is 9.14. The largest absolute Gasteiger partial charge is 0.493 e. The summed E-state index contributed by atoms with van der Waals surface area (Å²) in [7, 11) is 3.08. The molecule has 1 aliphatic rings. The van der Waals surface area contributed by atoms with Crippen LogP contribution in [-0.4, -0.2) is 76.1 Å². The fraction of sp³-hybridized carbons (Fsp3) is 0.304. The number of halogens is 3. The molecule has 1 aliphatic heterocycles. The van der Waals surface area contributed by atoms with E-state index >= 15 is 0 Å². The summed E-state index contributed by atoms with van der Waals surface area (Å²) in [6, 6.07) is 6.40. The van der Waals surface area contributed by atoms with Gasteiger partial charge in [-0.2, -0.15) is 18.3 Å². The van der Waals surface area contributed by atoms with E-state index in [1.165, 1.54) is 39.0 Å². The maximum Gasteiger partial charge on any atom is 0.419 e.